The molecule has 7 nitrogen and oxygen atoms in total. The fourth-order valence-corrected chi connectivity index (χ4v) is 3.21. The van der Waals surface area contributed by atoms with Crippen LogP contribution in [0, 0.1) is 0 Å². The molecule has 0 saturated carbocycles. The zero-order valence-corrected chi connectivity index (χ0v) is 18.2. The third kappa shape index (κ3) is 7.94. The van der Waals surface area contributed by atoms with Crippen LogP contribution in [0.2, 0.25) is 0 Å². The highest BCUT2D eigenvalue weighted by molar-refractivity contribution is 5.98. The Morgan fingerprint density at radius 3 is 2.26 bits per heavy atom. The summed E-state index contributed by atoms with van der Waals surface area (Å²) in [4.78, 5) is 24.4. The minimum Gasteiger partial charge on any atom is -0.489 e. The topological polar surface area (TPSA) is 107 Å². The van der Waals surface area contributed by atoms with Gasteiger partial charge in [0.05, 0.1) is 5.60 Å². The second-order valence-corrected chi connectivity index (χ2v) is 8.33. The number of hydrogen-bond donors (Lipinski definition) is 3. The monoisotopic (exact) mass is 429 g/mol. The Kier molecular flexibility index (Phi) is 8.45. The first-order valence-electron chi connectivity index (χ1n) is 10.3. The van der Waals surface area contributed by atoms with E-state index in [-0.39, 0.29) is 12.2 Å². The zero-order valence-electron chi connectivity index (χ0n) is 18.2. The molecule has 3 N–H and O–H groups in total. The van der Waals surface area contributed by atoms with Crippen LogP contribution in [0.15, 0.2) is 48.5 Å². The molecule has 0 spiro atoms. The molecule has 0 aromatic heterocycles. The highest BCUT2D eigenvalue weighted by Crippen LogP contribution is 2.23. The first-order chi connectivity index (χ1) is 14.6. The van der Waals surface area contributed by atoms with E-state index < -0.39 is 23.5 Å². The maximum absolute atomic E-state index is 11.1. The smallest absolute Gasteiger partial charge is 0.322 e. The van der Waals surface area contributed by atoms with Gasteiger partial charge < -0.3 is 25.0 Å². The average Bonchev–Trinajstić information content (AvgIpc) is 2.69. The Labute approximate surface area is 182 Å². The molecule has 168 valence electrons. The summed E-state index contributed by atoms with van der Waals surface area (Å²) < 4.78 is 5.86. The van der Waals surface area contributed by atoms with E-state index in [4.69, 9.17) is 14.9 Å². The van der Waals surface area contributed by atoms with Crippen LogP contribution in [-0.2, 0) is 16.2 Å². The summed E-state index contributed by atoms with van der Waals surface area (Å²) in [7, 11) is 2.02. The highest BCUT2D eigenvalue weighted by atomic mass is 16.5. The molecule has 0 saturated heterocycles. The van der Waals surface area contributed by atoms with Crippen molar-refractivity contribution in [2.45, 2.75) is 51.2 Å². The molecule has 2 aromatic carbocycles. The van der Waals surface area contributed by atoms with E-state index in [1.807, 2.05) is 45.2 Å². The molecule has 0 aliphatic rings. The van der Waals surface area contributed by atoms with Crippen molar-refractivity contribution >= 4 is 17.6 Å². The van der Waals surface area contributed by atoms with Gasteiger partial charge in [0.15, 0.2) is 5.92 Å². The lowest BCUT2D eigenvalue weighted by Crippen LogP contribution is -2.21. The Hall–Kier alpha value is -3.06. The minimum atomic E-state index is -1.58. The Balaban J connectivity index is 1.91. The maximum atomic E-state index is 11.1. The standard InChI is InChI=1S/C24H31NO6/c1-24(2,30)13-4-5-14-25(3)19-7-6-8-20(15-19)31-16-17-9-11-18(12-10-17)21(22(26)27)23(28)29/h6-12,15,21,30H,4-5,13-14,16H2,1-3H3,(H,26,27)(H,28,29). The van der Waals surface area contributed by atoms with Gasteiger partial charge in [-0.05, 0) is 56.4 Å². The summed E-state index contributed by atoms with van der Waals surface area (Å²) in [6.07, 6.45) is 2.69. The van der Waals surface area contributed by atoms with Crippen LogP contribution in [0.3, 0.4) is 0 Å². The molecule has 0 atom stereocenters. The molecule has 0 aliphatic carbocycles. The molecule has 0 radical (unpaired) electrons. The lowest BCUT2D eigenvalue weighted by Gasteiger charge is -2.21. The Morgan fingerprint density at radius 2 is 1.68 bits per heavy atom. The third-order valence-corrected chi connectivity index (χ3v) is 5.00. The summed E-state index contributed by atoms with van der Waals surface area (Å²) in [5.74, 6) is -3.65. The molecule has 0 amide bonds. The first-order valence-corrected chi connectivity index (χ1v) is 10.3. The fourth-order valence-electron chi connectivity index (χ4n) is 3.21. The van der Waals surface area contributed by atoms with E-state index in [0.29, 0.717) is 5.75 Å². The van der Waals surface area contributed by atoms with Crippen molar-refractivity contribution in [2.75, 3.05) is 18.5 Å². The quantitative estimate of drug-likeness (QED) is 0.347. The number of ether oxygens (including phenoxy) is 1. The number of unbranched alkanes of at least 4 members (excludes halogenated alkanes) is 1. The first kappa shape index (κ1) is 24.2. The van der Waals surface area contributed by atoms with Crippen LogP contribution in [0.4, 0.5) is 5.69 Å². The van der Waals surface area contributed by atoms with E-state index in [0.717, 1.165) is 37.1 Å². The number of benzene rings is 2. The predicted molar refractivity (Wildman–Crippen MR) is 119 cm³/mol. The van der Waals surface area contributed by atoms with Crippen LogP contribution >= 0.6 is 0 Å². The van der Waals surface area contributed by atoms with Gasteiger partial charge in [-0.25, -0.2) is 0 Å². The van der Waals surface area contributed by atoms with Crippen LogP contribution in [-0.4, -0.2) is 46.5 Å². The Morgan fingerprint density at radius 1 is 1.03 bits per heavy atom. The van der Waals surface area contributed by atoms with Crippen LogP contribution in [0.25, 0.3) is 0 Å². The zero-order chi connectivity index (χ0) is 23.0. The number of anilines is 1. The summed E-state index contributed by atoms with van der Waals surface area (Å²) in [5, 5.41) is 27.9. The highest BCUT2D eigenvalue weighted by Gasteiger charge is 2.27. The van der Waals surface area contributed by atoms with Crippen molar-refractivity contribution in [3.8, 4) is 5.75 Å². The van der Waals surface area contributed by atoms with Crippen molar-refractivity contribution in [1.29, 1.82) is 0 Å². The lowest BCUT2D eigenvalue weighted by molar-refractivity contribution is -0.150. The van der Waals surface area contributed by atoms with Crippen molar-refractivity contribution in [2.24, 2.45) is 0 Å². The van der Waals surface area contributed by atoms with E-state index >= 15 is 0 Å². The van der Waals surface area contributed by atoms with Crippen LogP contribution < -0.4 is 9.64 Å². The molecule has 0 bridgehead atoms. The molecule has 0 unspecified atom stereocenters. The number of aliphatic hydroxyl groups is 1. The largest absolute Gasteiger partial charge is 0.489 e. The number of hydrogen-bond acceptors (Lipinski definition) is 5. The molecule has 0 heterocycles. The van der Waals surface area contributed by atoms with Crippen LogP contribution in [0.5, 0.6) is 5.75 Å². The van der Waals surface area contributed by atoms with Gasteiger partial charge in [0.1, 0.15) is 12.4 Å². The fraction of sp³-hybridized carbons (Fsp3) is 0.417. The molecular formula is C24H31NO6. The molecular weight excluding hydrogens is 398 g/mol. The number of aliphatic carboxylic acids is 2. The maximum Gasteiger partial charge on any atom is 0.322 e. The molecule has 2 rings (SSSR count). The van der Waals surface area contributed by atoms with Gasteiger partial charge in [0.25, 0.3) is 0 Å². The predicted octanol–water partition coefficient (Wildman–Crippen LogP) is 3.90. The summed E-state index contributed by atoms with van der Waals surface area (Å²) in [5.41, 5.74) is 1.43. The van der Waals surface area contributed by atoms with E-state index in [9.17, 15) is 14.7 Å². The van der Waals surface area contributed by atoms with Crippen LogP contribution in [0.1, 0.15) is 50.2 Å². The van der Waals surface area contributed by atoms with E-state index in [2.05, 4.69) is 4.90 Å². The normalized spacial score (nSPS) is 11.4. The van der Waals surface area contributed by atoms with E-state index in [1.165, 1.54) is 12.1 Å². The second kappa shape index (κ2) is 10.8. The lowest BCUT2D eigenvalue weighted by atomic mass is 9.98. The van der Waals surface area contributed by atoms with Crippen molar-refractivity contribution < 1.29 is 29.6 Å². The number of carboxylic acid groups (broad SMARTS) is 2. The summed E-state index contributed by atoms with van der Waals surface area (Å²) in [6.45, 7) is 4.79. The third-order valence-electron chi connectivity index (χ3n) is 5.00. The van der Waals surface area contributed by atoms with Crippen molar-refractivity contribution in [3.63, 3.8) is 0 Å². The van der Waals surface area contributed by atoms with Gasteiger partial charge >= 0.3 is 11.9 Å². The van der Waals surface area contributed by atoms with Gasteiger partial charge in [-0.15, -0.1) is 0 Å². The van der Waals surface area contributed by atoms with Gasteiger partial charge in [0.2, 0.25) is 0 Å². The molecule has 2 aromatic rings. The molecule has 7 heteroatoms. The van der Waals surface area contributed by atoms with Gasteiger partial charge in [-0.2, -0.15) is 0 Å². The molecule has 0 fully saturated rings. The average molecular weight is 430 g/mol. The number of carbonyl (C=O) groups is 2. The number of rotatable bonds is 12. The van der Waals surface area contributed by atoms with Gasteiger partial charge in [-0.3, -0.25) is 9.59 Å². The Bertz CT molecular complexity index is 858. The summed E-state index contributed by atoms with van der Waals surface area (Å²) >= 11 is 0. The number of carboxylic acids is 2. The molecule has 31 heavy (non-hydrogen) atoms. The molecule has 0 aliphatic heterocycles. The minimum absolute atomic E-state index is 0.219. The van der Waals surface area contributed by atoms with Crippen molar-refractivity contribution in [3.05, 3.63) is 59.7 Å². The SMILES string of the molecule is CN(CCCCC(C)(C)O)c1cccc(OCc2ccc(C(C(=O)O)C(=O)O)cc2)c1. The summed E-state index contributed by atoms with van der Waals surface area (Å²) in [6, 6.07) is 14.1. The van der Waals surface area contributed by atoms with Crippen molar-refractivity contribution in [1.82, 2.24) is 0 Å². The number of nitrogens with zero attached hydrogens (tertiary/aromatic N) is 1. The van der Waals surface area contributed by atoms with Gasteiger partial charge in [-0.1, -0.05) is 30.3 Å². The van der Waals surface area contributed by atoms with E-state index in [1.54, 1.807) is 12.1 Å². The van der Waals surface area contributed by atoms with Gasteiger partial charge in [0, 0.05) is 25.3 Å². The second-order valence-electron chi connectivity index (χ2n) is 8.33.